The summed E-state index contributed by atoms with van der Waals surface area (Å²) in [5, 5.41) is 1.45. The van der Waals surface area contributed by atoms with E-state index >= 15 is 0 Å². The normalized spacial score (nSPS) is 13.8. The van der Waals surface area contributed by atoms with Crippen molar-refractivity contribution >= 4 is 26.5 Å². The fourth-order valence-electron chi connectivity index (χ4n) is 2.37. The SMILES string of the molecule is Cc1cc([Si](C)(C)C)c(C(F)(F)F)cc1[Si](C)(C)C. The number of hydrogen-bond acceptors (Lipinski definition) is 0. The molecule has 0 amide bonds. The second kappa shape index (κ2) is 4.77. The average Bonchev–Trinajstić information content (AvgIpc) is 2.11. The number of hydrogen-bond donors (Lipinski definition) is 0. The topological polar surface area (TPSA) is 0 Å². The van der Waals surface area contributed by atoms with Gasteiger partial charge in [-0.2, -0.15) is 13.2 Å². The van der Waals surface area contributed by atoms with Crippen LogP contribution in [0.2, 0.25) is 39.3 Å². The maximum atomic E-state index is 13.3. The molecule has 0 aliphatic rings. The minimum atomic E-state index is -4.25. The van der Waals surface area contributed by atoms with Crippen LogP contribution in [-0.2, 0) is 6.18 Å². The van der Waals surface area contributed by atoms with E-state index in [1.54, 1.807) is 6.07 Å². The molecule has 19 heavy (non-hydrogen) atoms. The summed E-state index contributed by atoms with van der Waals surface area (Å²) in [6.45, 7) is 14.1. The molecule has 1 rings (SSSR count). The summed E-state index contributed by atoms with van der Waals surface area (Å²) in [6, 6.07) is 3.22. The third-order valence-corrected chi connectivity index (χ3v) is 7.47. The molecule has 5 heteroatoms. The molecule has 0 radical (unpaired) electrons. The van der Waals surface area contributed by atoms with E-state index in [1.807, 2.05) is 26.6 Å². The highest BCUT2D eigenvalue weighted by Crippen LogP contribution is 2.30. The predicted molar refractivity (Wildman–Crippen MR) is 82.1 cm³/mol. The molecule has 0 nitrogen and oxygen atoms in total. The van der Waals surface area contributed by atoms with E-state index in [1.165, 1.54) is 6.07 Å². The lowest BCUT2D eigenvalue weighted by atomic mass is 10.1. The van der Waals surface area contributed by atoms with Gasteiger partial charge in [0, 0.05) is 0 Å². The molecule has 0 aromatic heterocycles. The smallest absolute Gasteiger partial charge is 0.166 e. The van der Waals surface area contributed by atoms with Crippen molar-refractivity contribution in [1.29, 1.82) is 0 Å². The van der Waals surface area contributed by atoms with Crippen LogP contribution in [0.3, 0.4) is 0 Å². The minimum Gasteiger partial charge on any atom is -0.166 e. The van der Waals surface area contributed by atoms with E-state index in [0.29, 0.717) is 5.19 Å². The van der Waals surface area contributed by atoms with Crippen LogP contribution in [-0.4, -0.2) is 16.1 Å². The number of alkyl halides is 3. The summed E-state index contributed by atoms with van der Waals surface area (Å²) in [4.78, 5) is 0. The van der Waals surface area contributed by atoms with Gasteiger partial charge < -0.3 is 0 Å². The van der Waals surface area contributed by atoms with Crippen LogP contribution in [0.25, 0.3) is 0 Å². The van der Waals surface area contributed by atoms with Crippen molar-refractivity contribution in [2.75, 3.05) is 0 Å². The van der Waals surface area contributed by atoms with Gasteiger partial charge in [-0.15, -0.1) is 0 Å². The molecule has 0 saturated carbocycles. The van der Waals surface area contributed by atoms with Crippen LogP contribution < -0.4 is 10.4 Å². The monoisotopic (exact) mass is 304 g/mol. The Morgan fingerprint density at radius 2 is 1.21 bits per heavy atom. The van der Waals surface area contributed by atoms with Crippen LogP contribution >= 0.6 is 0 Å². The molecule has 0 fully saturated rings. The van der Waals surface area contributed by atoms with Crippen LogP contribution in [0.1, 0.15) is 11.1 Å². The molecule has 0 aliphatic heterocycles. The van der Waals surface area contributed by atoms with Gasteiger partial charge in [0.2, 0.25) is 0 Å². The van der Waals surface area contributed by atoms with Gasteiger partial charge in [-0.3, -0.25) is 0 Å². The third kappa shape index (κ3) is 3.72. The largest absolute Gasteiger partial charge is 0.416 e. The Balaban J connectivity index is 3.66. The first-order valence-corrected chi connectivity index (χ1v) is 13.5. The highest BCUT2D eigenvalue weighted by atomic mass is 28.3. The Morgan fingerprint density at radius 1 is 0.789 bits per heavy atom. The van der Waals surface area contributed by atoms with Crippen LogP contribution in [0, 0.1) is 6.92 Å². The van der Waals surface area contributed by atoms with E-state index in [2.05, 4.69) is 19.6 Å². The summed E-state index contributed by atoms with van der Waals surface area (Å²) in [6.07, 6.45) is -4.25. The lowest BCUT2D eigenvalue weighted by molar-refractivity contribution is -0.136. The number of rotatable bonds is 2. The van der Waals surface area contributed by atoms with Crippen molar-refractivity contribution in [2.45, 2.75) is 52.4 Å². The molecule has 0 unspecified atom stereocenters. The highest BCUT2D eigenvalue weighted by Gasteiger charge is 2.38. The Labute approximate surface area is 116 Å². The Hall–Kier alpha value is -0.556. The molecule has 1 aromatic rings. The standard InChI is InChI=1S/C14H23F3Si2/c1-10-8-13(19(5,6)7)11(14(15,16)17)9-12(10)18(2,3)4/h8-9H,1-7H3. The molecular formula is C14H23F3Si2. The van der Waals surface area contributed by atoms with Gasteiger partial charge in [0.1, 0.15) is 0 Å². The van der Waals surface area contributed by atoms with E-state index in [0.717, 1.165) is 10.8 Å². The highest BCUT2D eigenvalue weighted by molar-refractivity contribution is 6.90. The molecule has 0 heterocycles. The first-order chi connectivity index (χ1) is 8.24. The fourth-order valence-corrected chi connectivity index (χ4v) is 5.87. The zero-order valence-electron chi connectivity index (χ0n) is 12.8. The average molecular weight is 305 g/mol. The van der Waals surface area contributed by atoms with E-state index in [4.69, 9.17) is 0 Å². The second-order valence-corrected chi connectivity index (χ2v) is 17.3. The summed E-state index contributed by atoms with van der Waals surface area (Å²) >= 11 is 0. The molecule has 108 valence electrons. The fraction of sp³-hybridized carbons (Fsp3) is 0.571. The maximum absolute atomic E-state index is 13.3. The summed E-state index contributed by atoms with van der Waals surface area (Å²) < 4.78 is 39.9. The van der Waals surface area contributed by atoms with Gasteiger partial charge in [0.25, 0.3) is 0 Å². The summed E-state index contributed by atoms with van der Waals surface area (Å²) in [5.74, 6) is 0. The van der Waals surface area contributed by atoms with E-state index in [9.17, 15) is 13.2 Å². The van der Waals surface area contributed by atoms with Crippen molar-refractivity contribution in [3.63, 3.8) is 0 Å². The van der Waals surface area contributed by atoms with Crippen molar-refractivity contribution < 1.29 is 13.2 Å². The summed E-state index contributed by atoms with van der Waals surface area (Å²) in [7, 11) is -3.76. The molecule has 0 saturated heterocycles. The zero-order chi connectivity index (χ0) is 15.2. The number of aryl methyl sites for hydroxylation is 1. The van der Waals surface area contributed by atoms with Gasteiger partial charge in [0.05, 0.1) is 21.7 Å². The Bertz CT molecular complexity index is 477. The van der Waals surface area contributed by atoms with Gasteiger partial charge in [-0.25, -0.2) is 0 Å². The molecular weight excluding hydrogens is 281 g/mol. The first kappa shape index (κ1) is 16.5. The molecule has 0 bridgehead atoms. The lowest BCUT2D eigenvalue weighted by Gasteiger charge is -2.28. The van der Waals surface area contributed by atoms with Crippen molar-refractivity contribution in [2.24, 2.45) is 0 Å². The molecule has 0 aliphatic carbocycles. The number of halogens is 3. The van der Waals surface area contributed by atoms with Crippen molar-refractivity contribution in [3.05, 3.63) is 23.3 Å². The van der Waals surface area contributed by atoms with Gasteiger partial charge in [0.15, 0.2) is 0 Å². The maximum Gasteiger partial charge on any atom is 0.416 e. The predicted octanol–water partition coefficient (Wildman–Crippen LogP) is 4.10. The molecule has 0 spiro atoms. The Morgan fingerprint density at radius 3 is 1.53 bits per heavy atom. The molecule has 1 aromatic carbocycles. The zero-order valence-corrected chi connectivity index (χ0v) is 14.8. The number of benzene rings is 1. The second-order valence-electron chi connectivity index (χ2n) is 7.21. The van der Waals surface area contributed by atoms with Crippen molar-refractivity contribution in [1.82, 2.24) is 0 Å². The minimum absolute atomic E-state index is 0.408. The molecule has 0 atom stereocenters. The van der Waals surface area contributed by atoms with Crippen LogP contribution in [0.4, 0.5) is 13.2 Å². The first-order valence-electron chi connectivity index (χ1n) is 6.47. The molecule has 0 N–H and O–H groups in total. The van der Waals surface area contributed by atoms with Gasteiger partial charge in [-0.05, 0) is 12.1 Å². The van der Waals surface area contributed by atoms with Crippen LogP contribution in [0.15, 0.2) is 12.1 Å². The lowest BCUT2D eigenvalue weighted by Crippen LogP contribution is -2.47. The van der Waals surface area contributed by atoms with Gasteiger partial charge >= 0.3 is 6.18 Å². The van der Waals surface area contributed by atoms with E-state index in [-0.39, 0.29) is 0 Å². The van der Waals surface area contributed by atoms with Gasteiger partial charge in [-0.1, -0.05) is 62.2 Å². The van der Waals surface area contributed by atoms with Crippen molar-refractivity contribution in [3.8, 4) is 0 Å². The summed E-state index contributed by atoms with van der Waals surface area (Å²) in [5.41, 5.74) is 0.610. The Kier molecular flexibility index (Phi) is 4.14. The quantitative estimate of drug-likeness (QED) is 0.722. The van der Waals surface area contributed by atoms with Crippen LogP contribution in [0.5, 0.6) is 0 Å². The van der Waals surface area contributed by atoms with E-state index < -0.39 is 27.9 Å². The third-order valence-electron chi connectivity index (χ3n) is 3.29.